The maximum Gasteiger partial charge on any atom is 0.270 e. The third-order valence-electron chi connectivity index (χ3n) is 4.13. The van der Waals surface area contributed by atoms with E-state index in [4.69, 9.17) is 4.42 Å². The van der Waals surface area contributed by atoms with Gasteiger partial charge in [-0.15, -0.1) is 0 Å². The molecule has 3 heterocycles. The molecule has 0 radical (unpaired) electrons. The first kappa shape index (κ1) is 10.9. The lowest BCUT2D eigenvalue weighted by molar-refractivity contribution is 0.0920. The van der Waals surface area contributed by atoms with Gasteiger partial charge < -0.3 is 15.1 Å². The fraction of sp³-hybridized carbons (Fsp3) is 0.462. The molecule has 0 spiro atoms. The molecule has 2 aliphatic rings. The fourth-order valence-electron chi connectivity index (χ4n) is 3.14. The van der Waals surface area contributed by atoms with E-state index in [2.05, 4.69) is 20.6 Å². The molecule has 6 nitrogen and oxygen atoms in total. The highest BCUT2D eigenvalue weighted by Crippen LogP contribution is 2.31. The largest absolute Gasteiger partial charge is 0.442 e. The Labute approximate surface area is 109 Å². The van der Waals surface area contributed by atoms with E-state index in [-0.39, 0.29) is 11.9 Å². The lowest BCUT2D eigenvalue weighted by Crippen LogP contribution is -2.44. The summed E-state index contributed by atoms with van der Waals surface area (Å²) in [5.74, 6) is 0.437. The maximum absolute atomic E-state index is 12.2. The molecule has 3 atom stereocenters. The van der Waals surface area contributed by atoms with Gasteiger partial charge in [0.25, 0.3) is 5.91 Å². The second-order valence-corrected chi connectivity index (χ2v) is 5.31. The Bertz CT molecular complexity index is 638. The molecule has 1 amide bonds. The number of carbonyl (C=O) groups excluding carboxylic acids is 1. The number of hydrogen-bond donors (Lipinski definition) is 2. The first-order valence-corrected chi connectivity index (χ1v) is 6.53. The summed E-state index contributed by atoms with van der Waals surface area (Å²) in [4.78, 5) is 20.3. The van der Waals surface area contributed by atoms with Gasteiger partial charge in [0.15, 0.2) is 12.0 Å². The summed E-state index contributed by atoms with van der Waals surface area (Å²) in [6.07, 6.45) is 5.08. The van der Waals surface area contributed by atoms with Gasteiger partial charge in [0.2, 0.25) is 0 Å². The lowest BCUT2D eigenvalue weighted by Gasteiger charge is -2.23. The molecule has 2 N–H and O–H groups in total. The SMILES string of the molecule is O=C(N[C@@H]1C[C@@H]2C[C@@H]1CN2)c1cc2ncoc2cn1. The molecule has 2 aromatic heterocycles. The maximum atomic E-state index is 12.2. The summed E-state index contributed by atoms with van der Waals surface area (Å²) in [7, 11) is 0. The number of nitrogens with zero attached hydrogens (tertiary/aromatic N) is 2. The van der Waals surface area contributed by atoms with E-state index in [9.17, 15) is 4.79 Å². The van der Waals surface area contributed by atoms with Crippen molar-refractivity contribution in [1.82, 2.24) is 20.6 Å². The summed E-state index contributed by atoms with van der Waals surface area (Å²) in [6.45, 7) is 1.01. The van der Waals surface area contributed by atoms with E-state index in [1.807, 2.05) is 0 Å². The molecular weight excluding hydrogens is 244 g/mol. The van der Waals surface area contributed by atoms with Crippen LogP contribution >= 0.6 is 0 Å². The minimum Gasteiger partial charge on any atom is -0.442 e. The predicted molar refractivity (Wildman–Crippen MR) is 67.6 cm³/mol. The molecule has 2 bridgehead atoms. The van der Waals surface area contributed by atoms with Crippen LogP contribution in [0.2, 0.25) is 0 Å². The molecule has 19 heavy (non-hydrogen) atoms. The molecule has 2 aromatic rings. The molecule has 6 heteroatoms. The number of nitrogens with one attached hydrogen (secondary N) is 2. The monoisotopic (exact) mass is 258 g/mol. The molecule has 1 saturated carbocycles. The van der Waals surface area contributed by atoms with Crippen LogP contribution in [0.15, 0.2) is 23.1 Å². The van der Waals surface area contributed by atoms with Crippen molar-refractivity contribution < 1.29 is 9.21 Å². The third kappa shape index (κ3) is 1.79. The lowest BCUT2D eigenvalue weighted by atomic mass is 10.0. The molecule has 0 aromatic carbocycles. The van der Waals surface area contributed by atoms with Gasteiger partial charge in [0.05, 0.1) is 6.20 Å². The fourth-order valence-corrected chi connectivity index (χ4v) is 3.14. The predicted octanol–water partition coefficient (Wildman–Crippen LogP) is 0.703. The van der Waals surface area contributed by atoms with Crippen molar-refractivity contribution in [1.29, 1.82) is 0 Å². The third-order valence-corrected chi connectivity index (χ3v) is 4.13. The highest BCUT2D eigenvalue weighted by atomic mass is 16.3. The Morgan fingerprint density at radius 2 is 2.37 bits per heavy atom. The minimum atomic E-state index is -0.123. The summed E-state index contributed by atoms with van der Waals surface area (Å²) in [6, 6.07) is 2.51. The second-order valence-electron chi connectivity index (χ2n) is 5.31. The van der Waals surface area contributed by atoms with Crippen LogP contribution in [0, 0.1) is 5.92 Å². The number of rotatable bonds is 2. The molecular formula is C13H14N4O2. The quantitative estimate of drug-likeness (QED) is 0.829. The van der Waals surface area contributed by atoms with Crippen molar-refractivity contribution in [2.45, 2.75) is 24.9 Å². The van der Waals surface area contributed by atoms with Gasteiger partial charge in [-0.25, -0.2) is 9.97 Å². The van der Waals surface area contributed by atoms with Gasteiger partial charge in [-0.05, 0) is 24.8 Å². The number of oxazole rings is 1. The van der Waals surface area contributed by atoms with Crippen LogP contribution in [0.25, 0.3) is 11.1 Å². The van der Waals surface area contributed by atoms with E-state index < -0.39 is 0 Å². The average molecular weight is 258 g/mol. The summed E-state index contributed by atoms with van der Waals surface area (Å²) in [5, 5.41) is 6.51. The van der Waals surface area contributed by atoms with E-state index in [1.165, 1.54) is 12.8 Å². The smallest absolute Gasteiger partial charge is 0.270 e. The summed E-state index contributed by atoms with van der Waals surface area (Å²) in [5.41, 5.74) is 1.66. The number of hydrogen-bond acceptors (Lipinski definition) is 5. The van der Waals surface area contributed by atoms with Gasteiger partial charge in [-0.1, -0.05) is 0 Å². The van der Waals surface area contributed by atoms with Gasteiger partial charge >= 0.3 is 0 Å². The number of amides is 1. The number of carbonyl (C=O) groups is 1. The Kier molecular flexibility index (Phi) is 2.32. The Morgan fingerprint density at radius 1 is 1.42 bits per heavy atom. The van der Waals surface area contributed by atoms with Crippen molar-refractivity contribution in [3.05, 3.63) is 24.4 Å². The molecule has 1 saturated heterocycles. The zero-order valence-corrected chi connectivity index (χ0v) is 10.3. The number of aromatic nitrogens is 2. The number of fused-ring (bicyclic) bond motifs is 3. The van der Waals surface area contributed by atoms with Crippen LogP contribution in [0.1, 0.15) is 23.3 Å². The van der Waals surface area contributed by atoms with Crippen LogP contribution in [-0.4, -0.2) is 34.5 Å². The first-order valence-electron chi connectivity index (χ1n) is 6.53. The molecule has 0 unspecified atom stereocenters. The molecule has 2 fully saturated rings. The van der Waals surface area contributed by atoms with E-state index in [1.54, 1.807) is 12.3 Å². The van der Waals surface area contributed by atoms with Crippen molar-refractivity contribution in [2.75, 3.05) is 6.54 Å². The highest BCUT2D eigenvalue weighted by Gasteiger charge is 2.40. The Balaban J connectivity index is 1.53. The minimum absolute atomic E-state index is 0.123. The first-order chi connectivity index (χ1) is 9.29. The topological polar surface area (TPSA) is 80.0 Å². The van der Waals surface area contributed by atoms with Gasteiger partial charge in [-0.2, -0.15) is 0 Å². The van der Waals surface area contributed by atoms with Crippen molar-refractivity contribution >= 4 is 17.0 Å². The summed E-state index contributed by atoms with van der Waals surface area (Å²) >= 11 is 0. The van der Waals surface area contributed by atoms with Crippen molar-refractivity contribution in [3.63, 3.8) is 0 Å². The van der Waals surface area contributed by atoms with Crippen LogP contribution in [0.5, 0.6) is 0 Å². The zero-order valence-electron chi connectivity index (χ0n) is 10.3. The number of pyridine rings is 1. The van der Waals surface area contributed by atoms with Crippen molar-refractivity contribution in [3.8, 4) is 0 Å². The van der Waals surface area contributed by atoms with Gasteiger partial charge in [0, 0.05) is 18.6 Å². The van der Waals surface area contributed by atoms with E-state index in [0.717, 1.165) is 13.0 Å². The van der Waals surface area contributed by atoms with Crippen LogP contribution in [0.4, 0.5) is 0 Å². The van der Waals surface area contributed by atoms with Crippen LogP contribution in [-0.2, 0) is 0 Å². The highest BCUT2D eigenvalue weighted by molar-refractivity contribution is 5.95. The Hall–Kier alpha value is -1.95. The zero-order chi connectivity index (χ0) is 12.8. The van der Waals surface area contributed by atoms with E-state index >= 15 is 0 Å². The molecule has 1 aliphatic heterocycles. The number of piperidine rings is 1. The summed E-state index contributed by atoms with van der Waals surface area (Å²) < 4.78 is 5.11. The molecule has 1 aliphatic carbocycles. The van der Waals surface area contributed by atoms with Crippen LogP contribution < -0.4 is 10.6 Å². The van der Waals surface area contributed by atoms with Gasteiger partial charge in [-0.3, -0.25) is 4.79 Å². The second kappa shape index (κ2) is 4.03. The van der Waals surface area contributed by atoms with Crippen molar-refractivity contribution in [2.24, 2.45) is 5.92 Å². The normalized spacial score (nSPS) is 28.9. The molecule has 4 rings (SSSR count). The Morgan fingerprint density at radius 3 is 3.16 bits per heavy atom. The standard InChI is InChI=1S/C13H14N4O2/c18-13(17-9-2-8-1-7(9)4-14-8)11-3-10-12(5-15-11)19-6-16-10/h3,5-9,14H,1-2,4H2,(H,17,18)/t7-,8+,9-/m1/s1. The molecule has 98 valence electrons. The average Bonchev–Trinajstić information content (AvgIpc) is 3.13. The van der Waals surface area contributed by atoms with Gasteiger partial charge in [0.1, 0.15) is 11.2 Å². The van der Waals surface area contributed by atoms with Crippen LogP contribution in [0.3, 0.4) is 0 Å². The van der Waals surface area contributed by atoms with E-state index in [0.29, 0.717) is 28.8 Å².